The van der Waals surface area contributed by atoms with E-state index in [0.29, 0.717) is 18.1 Å². The fraction of sp³-hybridized carbons (Fsp3) is 0.267. The van der Waals surface area contributed by atoms with Crippen molar-refractivity contribution in [3.05, 3.63) is 59.4 Å². The molecule has 0 radical (unpaired) electrons. The van der Waals surface area contributed by atoms with Crippen LogP contribution in [0.2, 0.25) is 0 Å². The minimum Gasteiger partial charge on any atom is -0.493 e. The van der Waals surface area contributed by atoms with E-state index in [1.807, 2.05) is 50.2 Å². The summed E-state index contributed by atoms with van der Waals surface area (Å²) in [6.07, 6.45) is 0.934. The van der Waals surface area contributed by atoms with Gasteiger partial charge in [0.1, 0.15) is 11.9 Å². The van der Waals surface area contributed by atoms with Crippen LogP contribution in [0.4, 0.5) is 0 Å². The highest BCUT2D eigenvalue weighted by molar-refractivity contribution is 5.40. The number of ether oxygens (including phenoxy) is 1. The molecule has 2 rings (SSSR count). The lowest BCUT2D eigenvalue weighted by Crippen LogP contribution is -2.07. The first-order valence-corrected chi connectivity index (χ1v) is 6.05. The molecule has 1 atom stereocenters. The van der Waals surface area contributed by atoms with Gasteiger partial charge in [0.15, 0.2) is 0 Å². The summed E-state index contributed by atoms with van der Waals surface area (Å²) >= 11 is 0. The zero-order chi connectivity index (χ0) is 13.0. The summed E-state index contributed by atoms with van der Waals surface area (Å²) in [5, 5.41) is 10.4. The predicted octanol–water partition coefficient (Wildman–Crippen LogP) is 2.87. The summed E-state index contributed by atoms with van der Waals surface area (Å²) in [5.74, 6) is 0.706. The highest BCUT2D eigenvalue weighted by atomic mass is 16.5. The fourth-order valence-corrected chi connectivity index (χ4v) is 1.92. The van der Waals surface area contributed by atoms with E-state index in [9.17, 15) is 5.11 Å². The van der Waals surface area contributed by atoms with Crippen molar-refractivity contribution in [2.24, 2.45) is 0 Å². The maximum atomic E-state index is 10.4. The van der Waals surface area contributed by atoms with Gasteiger partial charge in [-0.05, 0) is 31.5 Å². The molecule has 1 heterocycles. The van der Waals surface area contributed by atoms with Crippen molar-refractivity contribution in [2.45, 2.75) is 20.0 Å². The molecule has 1 aromatic heterocycles. The van der Waals surface area contributed by atoms with Gasteiger partial charge in [-0.1, -0.05) is 24.3 Å². The van der Waals surface area contributed by atoms with E-state index in [0.717, 1.165) is 11.1 Å². The van der Waals surface area contributed by atoms with Crippen molar-refractivity contribution >= 4 is 0 Å². The first-order chi connectivity index (χ1) is 8.74. The molecule has 0 fully saturated rings. The van der Waals surface area contributed by atoms with E-state index < -0.39 is 6.10 Å². The minimum atomic E-state index is -0.756. The molecule has 0 saturated heterocycles. The van der Waals surface area contributed by atoms with Gasteiger partial charge in [0.2, 0.25) is 0 Å². The van der Waals surface area contributed by atoms with Crippen LogP contribution >= 0.6 is 0 Å². The summed E-state index contributed by atoms with van der Waals surface area (Å²) in [5.41, 5.74) is 2.39. The lowest BCUT2D eigenvalue weighted by atomic mass is 10.0. The van der Waals surface area contributed by atoms with Gasteiger partial charge in [0.25, 0.3) is 0 Å². The number of hydrogen-bond acceptors (Lipinski definition) is 3. The molecule has 1 aromatic carbocycles. The molecule has 3 nitrogen and oxygen atoms in total. The Balaban J connectivity index is 2.40. The van der Waals surface area contributed by atoms with Crippen molar-refractivity contribution in [1.29, 1.82) is 0 Å². The molecule has 0 aliphatic carbocycles. The number of pyridine rings is 1. The van der Waals surface area contributed by atoms with Crippen LogP contribution in [0.5, 0.6) is 5.75 Å². The second kappa shape index (κ2) is 5.65. The van der Waals surface area contributed by atoms with Gasteiger partial charge in [0.05, 0.1) is 12.3 Å². The lowest BCUT2D eigenvalue weighted by molar-refractivity contribution is 0.206. The molecule has 0 spiro atoms. The number of aliphatic hydroxyl groups is 1. The molecule has 0 aliphatic rings. The second-order valence-corrected chi connectivity index (χ2v) is 4.08. The smallest absolute Gasteiger partial charge is 0.125 e. The van der Waals surface area contributed by atoms with E-state index in [1.165, 1.54) is 0 Å². The van der Waals surface area contributed by atoms with Crippen LogP contribution in [0.25, 0.3) is 0 Å². The summed E-state index contributed by atoms with van der Waals surface area (Å²) in [6.45, 7) is 4.44. The molecule has 0 amide bonds. The van der Waals surface area contributed by atoms with Gasteiger partial charge in [-0.3, -0.25) is 4.98 Å². The van der Waals surface area contributed by atoms with Crippen molar-refractivity contribution < 1.29 is 9.84 Å². The van der Waals surface area contributed by atoms with Crippen LogP contribution in [0.1, 0.15) is 29.8 Å². The number of aromatic nitrogens is 1. The highest BCUT2D eigenvalue weighted by Crippen LogP contribution is 2.30. The molecule has 18 heavy (non-hydrogen) atoms. The molecule has 0 aliphatic heterocycles. The Bertz CT molecular complexity index is 525. The van der Waals surface area contributed by atoms with E-state index in [1.54, 1.807) is 6.20 Å². The van der Waals surface area contributed by atoms with Crippen LogP contribution in [-0.2, 0) is 0 Å². The number of aryl methyl sites for hydroxylation is 1. The van der Waals surface area contributed by atoms with Crippen LogP contribution in [-0.4, -0.2) is 16.7 Å². The lowest BCUT2D eigenvalue weighted by Gasteiger charge is -2.16. The van der Waals surface area contributed by atoms with E-state index in [2.05, 4.69) is 4.98 Å². The van der Waals surface area contributed by atoms with Crippen molar-refractivity contribution in [3.8, 4) is 5.75 Å². The number of para-hydroxylation sites is 1. The monoisotopic (exact) mass is 243 g/mol. The molecule has 0 saturated carbocycles. The third-order valence-corrected chi connectivity index (χ3v) is 2.82. The first-order valence-electron chi connectivity index (χ1n) is 6.05. The first kappa shape index (κ1) is 12.6. The SMILES string of the molecule is CCOc1ccccc1C(O)c1ncccc1C. The Labute approximate surface area is 107 Å². The van der Waals surface area contributed by atoms with Gasteiger partial charge in [-0.2, -0.15) is 0 Å². The minimum absolute atomic E-state index is 0.574. The predicted molar refractivity (Wildman–Crippen MR) is 70.6 cm³/mol. The van der Waals surface area contributed by atoms with Crippen molar-refractivity contribution in [3.63, 3.8) is 0 Å². The zero-order valence-electron chi connectivity index (χ0n) is 10.6. The third-order valence-electron chi connectivity index (χ3n) is 2.82. The molecular weight excluding hydrogens is 226 g/mol. The van der Waals surface area contributed by atoms with Gasteiger partial charge in [0, 0.05) is 11.8 Å². The molecular formula is C15H17NO2. The van der Waals surface area contributed by atoms with Crippen LogP contribution in [0.3, 0.4) is 0 Å². The molecule has 2 aromatic rings. The largest absolute Gasteiger partial charge is 0.493 e. The zero-order valence-corrected chi connectivity index (χ0v) is 10.6. The van der Waals surface area contributed by atoms with E-state index in [-0.39, 0.29) is 0 Å². The summed E-state index contributed by atoms with van der Waals surface area (Å²) in [7, 11) is 0. The van der Waals surface area contributed by atoms with E-state index >= 15 is 0 Å². The Morgan fingerprint density at radius 1 is 1.22 bits per heavy atom. The molecule has 3 heteroatoms. The molecule has 1 N–H and O–H groups in total. The Kier molecular flexibility index (Phi) is 3.95. The standard InChI is InChI=1S/C15H17NO2/c1-3-18-13-9-5-4-8-12(13)15(17)14-11(2)7-6-10-16-14/h4-10,15,17H,3H2,1-2H3. The summed E-state index contributed by atoms with van der Waals surface area (Å²) in [6, 6.07) is 11.3. The molecule has 94 valence electrons. The second-order valence-electron chi connectivity index (χ2n) is 4.08. The summed E-state index contributed by atoms with van der Waals surface area (Å²) < 4.78 is 5.53. The van der Waals surface area contributed by atoms with Crippen LogP contribution in [0, 0.1) is 6.92 Å². The van der Waals surface area contributed by atoms with Crippen LogP contribution < -0.4 is 4.74 Å². The maximum Gasteiger partial charge on any atom is 0.125 e. The van der Waals surface area contributed by atoms with Gasteiger partial charge < -0.3 is 9.84 Å². The Morgan fingerprint density at radius 3 is 2.72 bits per heavy atom. The quantitative estimate of drug-likeness (QED) is 0.897. The fourth-order valence-electron chi connectivity index (χ4n) is 1.92. The Hall–Kier alpha value is -1.87. The van der Waals surface area contributed by atoms with Gasteiger partial charge in [-0.15, -0.1) is 0 Å². The van der Waals surface area contributed by atoms with E-state index in [4.69, 9.17) is 4.74 Å². The number of hydrogen-bond donors (Lipinski definition) is 1. The van der Waals surface area contributed by atoms with Crippen LogP contribution in [0.15, 0.2) is 42.6 Å². The highest BCUT2D eigenvalue weighted by Gasteiger charge is 2.17. The van der Waals surface area contributed by atoms with Crippen molar-refractivity contribution in [1.82, 2.24) is 4.98 Å². The van der Waals surface area contributed by atoms with Gasteiger partial charge >= 0.3 is 0 Å². The number of benzene rings is 1. The average molecular weight is 243 g/mol. The average Bonchev–Trinajstić information content (AvgIpc) is 2.40. The maximum absolute atomic E-state index is 10.4. The number of rotatable bonds is 4. The molecule has 1 unspecified atom stereocenters. The third kappa shape index (κ3) is 2.51. The summed E-state index contributed by atoms with van der Waals surface area (Å²) in [4.78, 5) is 4.25. The number of aliphatic hydroxyl groups excluding tert-OH is 1. The Morgan fingerprint density at radius 2 is 2.00 bits per heavy atom. The van der Waals surface area contributed by atoms with Gasteiger partial charge in [-0.25, -0.2) is 0 Å². The normalized spacial score (nSPS) is 12.2. The topological polar surface area (TPSA) is 42.4 Å². The van der Waals surface area contributed by atoms with Crippen molar-refractivity contribution in [2.75, 3.05) is 6.61 Å². The number of nitrogens with zero attached hydrogens (tertiary/aromatic N) is 1. The molecule has 0 bridgehead atoms.